The molecule has 0 saturated carbocycles. The standard InChI is InChI=1S/C18H31N5O/c1-13(2)7-5-8-15(4)22-18(19)20-12-11-17(24)23-16-10-6-9-14(3)21-16/h6,9-10,13,15H,5,7-8,11-12H2,1-4H3,(H3,19,20,22)(H,21,23,24). The maximum atomic E-state index is 11.9. The van der Waals surface area contributed by atoms with Crippen molar-refractivity contribution in [2.45, 2.75) is 59.4 Å². The monoisotopic (exact) mass is 333 g/mol. The number of hydrogen-bond donors (Lipinski definition) is 3. The van der Waals surface area contributed by atoms with Crippen LogP contribution in [0.3, 0.4) is 0 Å². The molecule has 0 aliphatic carbocycles. The molecular formula is C18H31N5O. The van der Waals surface area contributed by atoms with Crippen LogP contribution in [0.25, 0.3) is 0 Å². The normalized spacial score (nSPS) is 13.0. The molecule has 1 rings (SSSR count). The number of aryl methyl sites for hydroxylation is 1. The van der Waals surface area contributed by atoms with E-state index in [9.17, 15) is 4.79 Å². The highest BCUT2D eigenvalue weighted by Crippen LogP contribution is 2.08. The van der Waals surface area contributed by atoms with E-state index in [1.807, 2.05) is 19.1 Å². The third-order valence-corrected chi connectivity index (χ3v) is 3.59. The molecule has 1 amide bonds. The number of anilines is 1. The van der Waals surface area contributed by atoms with Crippen LogP contribution >= 0.6 is 0 Å². The van der Waals surface area contributed by atoms with E-state index < -0.39 is 0 Å². The van der Waals surface area contributed by atoms with Crippen molar-refractivity contribution in [1.82, 2.24) is 10.3 Å². The Morgan fingerprint density at radius 1 is 1.29 bits per heavy atom. The summed E-state index contributed by atoms with van der Waals surface area (Å²) < 4.78 is 0. The van der Waals surface area contributed by atoms with Gasteiger partial charge in [-0.2, -0.15) is 0 Å². The first kappa shape index (κ1) is 19.9. The van der Waals surface area contributed by atoms with Gasteiger partial charge in [0, 0.05) is 18.2 Å². The molecular weight excluding hydrogens is 302 g/mol. The van der Waals surface area contributed by atoms with Gasteiger partial charge in [0.1, 0.15) is 5.82 Å². The summed E-state index contributed by atoms with van der Waals surface area (Å²) in [6, 6.07) is 5.80. The molecule has 6 heteroatoms. The zero-order valence-electron chi connectivity index (χ0n) is 15.3. The number of nitrogens with two attached hydrogens (primary N) is 1. The van der Waals surface area contributed by atoms with Crippen LogP contribution in [0.2, 0.25) is 0 Å². The highest BCUT2D eigenvalue weighted by molar-refractivity contribution is 5.90. The van der Waals surface area contributed by atoms with Crippen LogP contribution in [0.4, 0.5) is 5.82 Å². The topological polar surface area (TPSA) is 92.4 Å². The zero-order chi connectivity index (χ0) is 17.9. The Kier molecular flexibility index (Phi) is 8.83. The van der Waals surface area contributed by atoms with Crippen molar-refractivity contribution in [3.8, 4) is 0 Å². The molecule has 1 aromatic rings. The molecule has 0 aliphatic heterocycles. The second-order valence-corrected chi connectivity index (χ2v) is 6.60. The predicted octanol–water partition coefficient (Wildman–Crippen LogP) is 2.84. The number of carbonyl (C=O) groups is 1. The van der Waals surface area contributed by atoms with Crippen molar-refractivity contribution in [3.05, 3.63) is 23.9 Å². The fourth-order valence-corrected chi connectivity index (χ4v) is 2.30. The maximum Gasteiger partial charge on any atom is 0.227 e. The number of pyridine rings is 1. The van der Waals surface area contributed by atoms with Crippen LogP contribution in [0.1, 0.15) is 52.1 Å². The molecule has 1 heterocycles. The first-order valence-corrected chi connectivity index (χ1v) is 8.66. The molecule has 134 valence electrons. The van der Waals surface area contributed by atoms with Gasteiger partial charge < -0.3 is 16.4 Å². The maximum absolute atomic E-state index is 11.9. The Labute approximate surface area is 145 Å². The summed E-state index contributed by atoms with van der Waals surface area (Å²) in [5, 5.41) is 5.92. The molecule has 0 aliphatic rings. The van der Waals surface area contributed by atoms with E-state index in [1.54, 1.807) is 6.07 Å². The summed E-state index contributed by atoms with van der Waals surface area (Å²) in [7, 11) is 0. The van der Waals surface area contributed by atoms with Gasteiger partial charge in [-0.15, -0.1) is 0 Å². The molecule has 0 aromatic carbocycles. The molecule has 0 fully saturated rings. The smallest absolute Gasteiger partial charge is 0.227 e. The van der Waals surface area contributed by atoms with E-state index >= 15 is 0 Å². The number of nitrogens with one attached hydrogen (secondary N) is 2. The van der Waals surface area contributed by atoms with E-state index in [-0.39, 0.29) is 18.4 Å². The third-order valence-electron chi connectivity index (χ3n) is 3.59. The SMILES string of the molecule is Cc1cccc(NC(=O)CCN=C(N)NC(C)CCCC(C)C)n1. The molecule has 1 unspecified atom stereocenters. The number of carbonyl (C=O) groups excluding carboxylic acids is 1. The second-order valence-electron chi connectivity index (χ2n) is 6.60. The predicted molar refractivity (Wildman–Crippen MR) is 100.0 cm³/mol. The fraction of sp³-hybridized carbons (Fsp3) is 0.611. The molecule has 4 N–H and O–H groups in total. The quantitative estimate of drug-likeness (QED) is 0.478. The van der Waals surface area contributed by atoms with Gasteiger partial charge in [0.15, 0.2) is 5.96 Å². The van der Waals surface area contributed by atoms with E-state index in [2.05, 4.69) is 41.4 Å². The fourth-order valence-electron chi connectivity index (χ4n) is 2.30. The lowest BCUT2D eigenvalue weighted by molar-refractivity contribution is -0.116. The highest BCUT2D eigenvalue weighted by atomic mass is 16.1. The molecule has 1 aromatic heterocycles. The summed E-state index contributed by atoms with van der Waals surface area (Å²) in [6.07, 6.45) is 3.73. The van der Waals surface area contributed by atoms with Gasteiger partial charge in [0.05, 0.1) is 6.54 Å². The minimum absolute atomic E-state index is 0.116. The molecule has 0 spiro atoms. The largest absolute Gasteiger partial charge is 0.370 e. The van der Waals surface area contributed by atoms with Crippen molar-refractivity contribution in [2.75, 3.05) is 11.9 Å². The summed E-state index contributed by atoms with van der Waals surface area (Å²) in [6.45, 7) is 8.79. The summed E-state index contributed by atoms with van der Waals surface area (Å²) in [4.78, 5) is 20.3. The van der Waals surface area contributed by atoms with E-state index in [0.717, 1.165) is 18.0 Å². The number of amides is 1. The number of aromatic nitrogens is 1. The van der Waals surface area contributed by atoms with Crippen LogP contribution in [-0.2, 0) is 4.79 Å². The van der Waals surface area contributed by atoms with Gasteiger partial charge in [0.25, 0.3) is 0 Å². The Hall–Kier alpha value is -2.11. The van der Waals surface area contributed by atoms with E-state index in [4.69, 9.17) is 5.73 Å². The van der Waals surface area contributed by atoms with Gasteiger partial charge in [-0.1, -0.05) is 32.8 Å². The van der Waals surface area contributed by atoms with Gasteiger partial charge in [-0.3, -0.25) is 9.79 Å². The summed E-state index contributed by atoms with van der Waals surface area (Å²) in [5.41, 5.74) is 6.73. The molecule has 0 radical (unpaired) electrons. The molecule has 0 saturated heterocycles. The van der Waals surface area contributed by atoms with Gasteiger partial charge in [-0.25, -0.2) is 4.98 Å². The molecule has 0 bridgehead atoms. The van der Waals surface area contributed by atoms with Gasteiger partial charge >= 0.3 is 0 Å². The van der Waals surface area contributed by atoms with Gasteiger partial charge in [-0.05, 0) is 38.3 Å². The van der Waals surface area contributed by atoms with Crippen molar-refractivity contribution < 1.29 is 4.79 Å². The van der Waals surface area contributed by atoms with Crippen LogP contribution in [0.15, 0.2) is 23.2 Å². The minimum Gasteiger partial charge on any atom is -0.370 e. The lowest BCUT2D eigenvalue weighted by atomic mass is 10.0. The number of guanidine groups is 1. The van der Waals surface area contributed by atoms with Crippen molar-refractivity contribution in [1.29, 1.82) is 0 Å². The molecule has 24 heavy (non-hydrogen) atoms. The van der Waals surface area contributed by atoms with Crippen molar-refractivity contribution >= 4 is 17.7 Å². The Morgan fingerprint density at radius 3 is 2.71 bits per heavy atom. The zero-order valence-corrected chi connectivity index (χ0v) is 15.3. The lowest BCUT2D eigenvalue weighted by Crippen LogP contribution is -2.38. The first-order chi connectivity index (χ1) is 11.4. The lowest BCUT2D eigenvalue weighted by Gasteiger charge is -2.15. The Morgan fingerprint density at radius 2 is 2.04 bits per heavy atom. The van der Waals surface area contributed by atoms with E-state index in [1.165, 1.54) is 12.8 Å². The average molecular weight is 333 g/mol. The minimum atomic E-state index is -0.116. The number of nitrogens with zero attached hydrogens (tertiary/aromatic N) is 2. The van der Waals surface area contributed by atoms with E-state index in [0.29, 0.717) is 18.3 Å². The third kappa shape index (κ3) is 9.12. The first-order valence-electron chi connectivity index (χ1n) is 8.66. The Bertz CT molecular complexity index is 542. The highest BCUT2D eigenvalue weighted by Gasteiger charge is 2.05. The second kappa shape index (κ2) is 10.6. The summed E-state index contributed by atoms with van der Waals surface area (Å²) >= 11 is 0. The van der Waals surface area contributed by atoms with Crippen LogP contribution in [0.5, 0.6) is 0 Å². The average Bonchev–Trinajstić information content (AvgIpc) is 2.46. The van der Waals surface area contributed by atoms with Gasteiger partial charge in [0.2, 0.25) is 5.91 Å². The summed E-state index contributed by atoms with van der Waals surface area (Å²) in [5.74, 6) is 1.57. The van der Waals surface area contributed by atoms with Crippen LogP contribution in [-0.4, -0.2) is 29.4 Å². The number of aliphatic imine (C=N–C) groups is 1. The van der Waals surface area contributed by atoms with Crippen molar-refractivity contribution in [3.63, 3.8) is 0 Å². The molecule has 6 nitrogen and oxygen atoms in total. The Balaban J connectivity index is 2.26. The van der Waals surface area contributed by atoms with Crippen molar-refractivity contribution in [2.24, 2.45) is 16.6 Å². The van der Waals surface area contributed by atoms with Crippen LogP contribution < -0.4 is 16.4 Å². The number of hydrogen-bond acceptors (Lipinski definition) is 3. The molecule has 1 atom stereocenters. The van der Waals surface area contributed by atoms with Crippen LogP contribution in [0, 0.1) is 12.8 Å². The number of rotatable bonds is 9.